The molecule has 1 aliphatic heterocycles. The number of carbonyl (C=O) groups excluding carboxylic acids is 1. The number of hydrogen-bond acceptors (Lipinski definition) is 2. The Hall–Kier alpha value is -0.570. The molecule has 1 saturated heterocycles. The van der Waals surface area contributed by atoms with E-state index in [1.165, 1.54) is 0 Å². The van der Waals surface area contributed by atoms with Gasteiger partial charge in [0.2, 0.25) is 5.91 Å². The van der Waals surface area contributed by atoms with E-state index in [4.69, 9.17) is 5.73 Å². The van der Waals surface area contributed by atoms with Crippen LogP contribution in [0.4, 0.5) is 0 Å². The third kappa shape index (κ3) is 1.78. The molecule has 0 bridgehead atoms. The lowest BCUT2D eigenvalue weighted by molar-refractivity contribution is -0.146. The Labute approximate surface area is 73.9 Å². The molecule has 1 aliphatic rings. The number of hydrogen-bond donors (Lipinski definition) is 1. The van der Waals surface area contributed by atoms with Gasteiger partial charge >= 0.3 is 0 Å². The van der Waals surface area contributed by atoms with Crippen LogP contribution in [0.3, 0.4) is 0 Å². The maximum absolute atomic E-state index is 11.6. The maximum atomic E-state index is 11.6. The molecule has 1 amide bonds. The molecule has 0 aromatic heterocycles. The van der Waals surface area contributed by atoms with Gasteiger partial charge in [0.05, 0.1) is 0 Å². The van der Waals surface area contributed by atoms with Crippen molar-refractivity contribution in [3.05, 3.63) is 0 Å². The summed E-state index contributed by atoms with van der Waals surface area (Å²) in [5, 5.41) is 0. The van der Waals surface area contributed by atoms with E-state index in [2.05, 4.69) is 0 Å². The van der Waals surface area contributed by atoms with Crippen LogP contribution in [-0.4, -0.2) is 29.4 Å². The molecular weight excluding hydrogens is 152 g/mol. The van der Waals surface area contributed by atoms with Gasteiger partial charge in [-0.05, 0) is 6.92 Å². The summed E-state index contributed by atoms with van der Waals surface area (Å²) >= 11 is 0. The third-order valence-electron chi connectivity index (χ3n) is 2.03. The number of rotatable bonds is 0. The Morgan fingerprint density at radius 3 is 2.08 bits per heavy atom. The highest BCUT2D eigenvalue weighted by Gasteiger charge is 2.41. The molecule has 0 spiro atoms. The highest BCUT2D eigenvalue weighted by molar-refractivity contribution is 5.82. The van der Waals surface area contributed by atoms with Gasteiger partial charge in [-0.15, -0.1) is 0 Å². The molecule has 0 aromatic rings. The first kappa shape index (κ1) is 9.52. The molecule has 0 aliphatic carbocycles. The number of amides is 1. The zero-order chi connectivity index (χ0) is 9.57. The fourth-order valence-electron chi connectivity index (χ4n) is 1.44. The average Bonchev–Trinajstić information content (AvgIpc) is 1.78. The summed E-state index contributed by atoms with van der Waals surface area (Å²) in [6, 6.07) is 0. The minimum Gasteiger partial charge on any atom is -0.338 e. The molecule has 0 radical (unpaired) electrons. The van der Waals surface area contributed by atoms with Crippen LogP contribution in [0, 0.1) is 5.41 Å². The van der Waals surface area contributed by atoms with Crippen molar-refractivity contribution in [1.82, 2.24) is 4.90 Å². The number of likely N-dealkylation sites (tertiary alicyclic amines) is 1. The average molecular weight is 170 g/mol. The zero-order valence-corrected chi connectivity index (χ0v) is 8.35. The van der Waals surface area contributed by atoms with Crippen LogP contribution in [0.2, 0.25) is 0 Å². The van der Waals surface area contributed by atoms with Crippen molar-refractivity contribution in [2.24, 2.45) is 11.1 Å². The molecule has 70 valence electrons. The van der Waals surface area contributed by atoms with Crippen LogP contribution in [-0.2, 0) is 4.79 Å². The lowest BCUT2D eigenvalue weighted by Crippen LogP contribution is -2.68. The van der Waals surface area contributed by atoms with Gasteiger partial charge in [0.1, 0.15) is 0 Å². The van der Waals surface area contributed by atoms with Gasteiger partial charge in [-0.2, -0.15) is 0 Å². The highest BCUT2D eigenvalue weighted by atomic mass is 16.2. The van der Waals surface area contributed by atoms with Crippen LogP contribution in [0.25, 0.3) is 0 Å². The molecule has 0 unspecified atom stereocenters. The van der Waals surface area contributed by atoms with Gasteiger partial charge in [0.15, 0.2) is 0 Å². The van der Waals surface area contributed by atoms with E-state index in [9.17, 15) is 4.79 Å². The number of nitrogens with two attached hydrogens (primary N) is 1. The molecular formula is C9H18N2O. The maximum Gasteiger partial charge on any atom is 0.228 e. The van der Waals surface area contributed by atoms with Gasteiger partial charge in [-0.25, -0.2) is 0 Å². The lowest BCUT2D eigenvalue weighted by Gasteiger charge is -2.47. The van der Waals surface area contributed by atoms with Crippen molar-refractivity contribution in [2.45, 2.75) is 33.2 Å². The van der Waals surface area contributed by atoms with Gasteiger partial charge in [-0.1, -0.05) is 20.8 Å². The van der Waals surface area contributed by atoms with Crippen molar-refractivity contribution in [1.29, 1.82) is 0 Å². The summed E-state index contributed by atoms with van der Waals surface area (Å²) in [6.07, 6.45) is 0. The Kier molecular flexibility index (Phi) is 1.95. The van der Waals surface area contributed by atoms with Crippen LogP contribution in [0.1, 0.15) is 27.7 Å². The predicted octanol–water partition coefficient (Wildman–Crippen LogP) is 0.592. The summed E-state index contributed by atoms with van der Waals surface area (Å²) in [6.45, 7) is 9.16. The normalized spacial score (nSPS) is 21.9. The summed E-state index contributed by atoms with van der Waals surface area (Å²) in [5.74, 6) is 0.199. The van der Waals surface area contributed by atoms with E-state index >= 15 is 0 Å². The zero-order valence-electron chi connectivity index (χ0n) is 8.35. The second-order valence-electron chi connectivity index (χ2n) is 5.07. The Bertz CT molecular complexity index is 195. The fraction of sp³-hybridized carbons (Fsp3) is 0.889. The predicted molar refractivity (Wildman–Crippen MR) is 48.6 cm³/mol. The summed E-state index contributed by atoms with van der Waals surface area (Å²) < 4.78 is 0. The van der Waals surface area contributed by atoms with E-state index in [1.54, 1.807) is 0 Å². The molecule has 3 heteroatoms. The first-order valence-electron chi connectivity index (χ1n) is 4.31. The minimum atomic E-state index is -0.267. The monoisotopic (exact) mass is 170 g/mol. The first-order chi connectivity index (χ1) is 5.22. The fourth-order valence-corrected chi connectivity index (χ4v) is 1.44. The van der Waals surface area contributed by atoms with Gasteiger partial charge in [0, 0.05) is 24.0 Å². The number of carbonyl (C=O) groups is 1. The third-order valence-corrected chi connectivity index (χ3v) is 2.03. The highest BCUT2D eigenvalue weighted by Crippen LogP contribution is 2.25. The van der Waals surface area contributed by atoms with Crippen molar-refractivity contribution in [2.75, 3.05) is 13.1 Å². The topological polar surface area (TPSA) is 46.3 Å². The Morgan fingerprint density at radius 1 is 1.42 bits per heavy atom. The quantitative estimate of drug-likeness (QED) is 0.578. The second-order valence-corrected chi connectivity index (χ2v) is 5.07. The molecule has 3 nitrogen and oxygen atoms in total. The summed E-state index contributed by atoms with van der Waals surface area (Å²) in [7, 11) is 0. The van der Waals surface area contributed by atoms with Crippen LogP contribution in [0.15, 0.2) is 0 Å². The van der Waals surface area contributed by atoms with Gasteiger partial charge in [0.25, 0.3) is 0 Å². The standard InChI is InChI=1S/C9H18N2O/c1-8(2,3)7(12)11-5-9(4,10)6-11/h5-6,10H2,1-4H3. The minimum absolute atomic E-state index is 0.152. The molecule has 0 saturated carbocycles. The van der Waals surface area contributed by atoms with Crippen LogP contribution in [0.5, 0.6) is 0 Å². The molecule has 12 heavy (non-hydrogen) atoms. The summed E-state index contributed by atoms with van der Waals surface area (Å²) in [5.41, 5.74) is 5.38. The van der Waals surface area contributed by atoms with E-state index in [-0.39, 0.29) is 16.9 Å². The molecule has 1 heterocycles. The molecule has 2 N–H and O–H groups in total. The first-order valence-corrected chi connectivity index (χ1v) is 4.31. The van der Waals surface area contributed by atoms with E-state index < -0.39 is 0 Å². The van der Waals surface area contributed by atoms with E-state index in [0.29, 0.717) is 13.1 Å². The van der Waals surface area contributed by atoms with Gasteiger partial charge < -0.3 is 10.6 Å². The van der Waals surface area contributed by atoms with Crippen LogP contribution >= 0.6 is 0 Å². The Morgan fingerprint density at radius 2 is 1.83 bits per heavy atom. The Balaban J connectivity index is 2.50. The molecule has 1 rings (SSSR count). The summed E-state index contributed by atoms with van der Waals surface area (Å²) in [4.78, 5) is 13.4. The van der Waals surface area contributed by atoms with Crippen molar-refractivity contribution in [3.63, 3.8) is 0 Å². The molecule has 0 aromatic carbocycles. The van der Waals surface area contributed by atoms with Crippen LogP contribution < -0.4 is 5.73 Å². The molecule has 0 atom stereocenters. The lowest BCUT2D eigenvalue weighted by atomic mass is 9.87. The molecule has 1 fully saturated rings. The van der Waals surface area contributed by atoms with E-state index in [0.717, 1.165) is 0 Å². The largest absolute Gasteiger partial charge is 0.338 e. The van der Waals surface area contributed by atoms with Crippen molar-refractivity contribution in [3.8, 4) is 0 Å². The van der Waals surface area contributed by atoms with Gasteiger partial charge in [-0.3, -0.25) is 4.79 Å². The second kappa shape index (κ2) is 2.46. The van der Waals surface area contributed by atoms with E-state index in [1.807, 2.05) is 32.6 Å². The number of nitrogens with zero attached hydrogens (tertiary/aromatic N) is 1. The van der Waals surface area contributed by atoms with Crippen molar-refractivity contribution >= 4 is 5.91 Å². The smallest absolute Gasteiger partial charge is 0.228 e. The van der Waals surface area contributed by atoms with Crippen molar-refractivity contribution < 1.29 is 4.79 Å². The SMILES string of the molecule is CC1(N)CN(C(=O)C(C)(C)C)C1.